The molecule has 0 saturated carbocycles. The Bertz CT molecular complexity index is 974. The molecule has 4 amide bonds. The molecule has 0 atom stereocenters. The predicted octanol–water partition coefficient (Wildman–Crippen LogP) is 4.94. The van der Waals surface area contributed by atoms with E-state index in [9.17, 15) is 14.4 Å². The number of ether oxygens (including phenoxy) is 1. The Morgan fingerprint density at radius 3 is 2.31 bits per heavy atom. The summed E-state index contributed by atoms with van der Waals surface area (Å²) in [6.45, 7) is 3.61. The molecule has 0 aromatic heterocycles. The van der Waals surface area contributed by atoms with E-state index < -0.39 is 6.03 Å². The molecule has 1 fully saturated rings. The van der Waals surface area contributed by atoms with Gasteiger partial charge in [-0.05, 0) is 43.5 Å². The van der Waals surface area contributed by atoms with Crippen LogP contribution in [0.5, 0.6) is 5.75 Å². The second-order valence-electron chi connectivity index (χ2n) is 8.84. The third kappa shape index (κ3) is 7.73. The number of hydrogen-bond donors (Lipinski definition) is 2. The fourth-order valence-corrected chi connectivity index (χ4v) is 4.25. The van der Waals surface area contributed by atoms with Crippen molar-refractivity contribution in [1.82, 2.24) is 10.2 Å². The number of anilines is 1. The third-order valence-electron chi connectivity index (χ3n) is 6.23. The number of nitrogens with two attached hydrogens (primary N) is 1. The molecule has 1 aliphatic heterocycles. The SMILES string of the molecule is CCCCCCCN(C(N)=O)c1ccccc1C(=O)NC1CCN(C(=O)Oc2ccccc2)CC1. The van der Waals surface area contributed by atoms with Crippen molar-refractivity contribution in [3.63, 3.8) is 0 Å². The minimum Gasteiger partial charge on any atom is -0.410 e. The van der Waals surface area contributed by atoms with Gasteiger partial charge in [0.1, 0.15) is 5.75 Å². The standard InChI is InChI=1S/C27H36N4O4/c1-2-3-4-5-11-18-31(26(28)33)24-15-10-9-14-23(24)25(32)29-21-16-19-30(20-17-21)27(34)35-22-12-7-6-8-13-22/h6-10,12-15,21H,2-5,11,16-20H2,1H3,(H2,28,33)(H,29,32). The quantitative estimate of drug-likeness (QED) is 0.470. The van der Waals surface area contributed by atoms with Crippen LogP contribution in [-0.4, -0.2) is 48.6 Å². The first kappa shape index (κ1) is 26.1. The highest BCUT2D eigenvalue weighted by molar-refractivity contribution is 6.04. The Morgan fingerprint density at radius 1 is 0.971 bits per heavy atom. The molecular formula is C27H36N4O4. The Labute approximate surface area is 207 Å². The summed E-state index contributed by atoms with van der Waals surface area (Å²) in [7, 11) is 0. The number of para-hydroxylation sites is 2. The van der Waals surface area contributed by atoms with Crippen LogP contribution in [0, 0.1) is 0 Å². The largest absolute Gasteiger partial charge is 0.415 e. The van der Waals surface area contributed by atoms with Gasteiger partial charge < -0.3 is 20.7 Å². The van der Waals surface area contributed by atoms with E-state index in [0.29, 0.717) is 49.5 Å². The number of primary amides is 1. The summed E-state index contributed by atoms with van der Waals surface area (Å²) >= 11 is 0. The second-order valence-corrected chi connectivity index (χ2v) is 8.84. The van der Waals surface area contributed by atoms with Crippen LogP contribution in [0.1, 0.15) is 62.2 Å². The van der Waals surface area contributed by atoms with Crippen LogP contribution in [-0.2, 0) is 0 Å². The summed E-state index contributed by atoms with van der Waals surface area (Å²) < 4.78 is 5.41. The smallest absolute Gasteiger partial charge is 0.410 e. The number of urea groups is 1. The van der Waals surface area contributed by atoms with Crippen LogP contribution in [0.25, 0.3) is 0 Å². The molecular weight excluding hydrogens is 444 g/mol. The average molecular weight is 481 g/mol. The van der Waals surface area contributed by atoms with E-state index in [4.69, 9.17) is 10.5 Å². The lowest BCUT2D eigenvalue weighted by molar-refractivity contribution is 0.0910. The minimum absolute atomic E-state index is 0.0765. The highest BCUT2D eigenvalue weighted by atomic mass is 16.6. The number of unbranched alkanes of at least 4 members (excludes halogenated alkanes) is 4. The van der Waals surface area contributed by atoms with Crippen molar-refractivity contribution in [2.45, 2.75) is 57.9 Å². The summed E-state index contributed by atoms with van der Waals surface area (Å²) in [5.74, 6) is 0.261. The summed E-state index contributed by atoms with van der Waals surface area (Å²) in [6, 6.07) is 15.4. The first-order valence-electron chi connectivity index (χ1n) is 12.5. The molecule has 1 heterocycles. The maximum atomic E-state index is 13.1. The Balaban J connectivity index is 1.55. The van der Waals surface area contributed by atoms with Gasteiger partial charge in [0, 0.05) is 25.7 Å². The van der Waals surface area contributed by atoms with Gasteiger partial charge in [-0.3, -0.25) is 9.69 Å². The Morgan fingerprint density at radius 2 is 1.63 bits per heavy atom. The lowest BCUT2D eigenvalue weighted by Crippen LogP contribution is -2.47. The molecule has 188 valence electrons. The van der Waals surface area contributed by atoms with Crippen LogP contribution >= 0.6 is 0 Å². The molecule has 0 unspecified atom stereocenters. The lowest BCUT2D eigenvalue weighted by atomic mass is 10.0. The number of nitrogens with one attached hydrogen (secondary N) is 1. The Hall–Kier alpha value is -3.55. The number of benzene rings is 2. The fraction of sp³-hybridized carbons (Fsp3) is 0.444. The monoisotopic (exact) mass is 480 g/mol. The topological polar surface area (TPSA) is 105 Å². The first-order chi connectivity index (χ1) is 17.0. The fourth-order valence-electron chi connectivity index (χ4n) is 4.25. The van der Waals surface area contributed by atoms with E-state index in [1.807, 2.05) is 18.2 Å². The molecule has 35 heavy (non-hydrogen) atoms. The lowest BCUT2D eigenvalue weighted by Gasteiger charge is -2.32. The number of amides is 4. The highest BCUT2D eigenvalue weighted by Gasteiger charge is 2.27. The maximum absolute atomic E-state index is 13.1. The average Bonchev–Trinajstić information content (AvgIpc) is 2.87. The maximum Gasteiger partial charge on any atom is 0.415 e. The third-order valence-corrected chi connectivity index (χ3v) is 6.23. The van der Waals surface area contributed by atoms with Crippen molar-refractivity contribution in [3.05, 3.63) is 60.2 Å². The zero-order chi connectivity index (χ0) is 25.0. The molecule has 2 aromatic rings. The van der Waals surface area contributed by atoms with Crippen molar-refractivity contribution in [2.24, 2.45) is 5.73 Å². The van der Waals surface area contributed by atoms with Gasteiger partial charge >= 0.3 is 12.1 Å². The van der Waals surface area contributed by atoms with Gasteiger partial charge in [0.15, 0.2) is 0 Å². The van der Waals surface area contributed by atoms with Crippen molar-refractivity contribution in [1.29, 1.82) is 0 Å². The molecule has 1 saturated heterocycles. The molecule has 8 heteroatoms. The van der Waals surface area contributed by atoms with Gasteiger partial charge in [0.25, 0.3) is 5.91 Å². The molecule has 8 nitrogen and oxygen atoms in total. The van der Waals surface area contributed by atoms with Gasteiger partial charge in [0.05, 0.1) is 11.3 Å². The normalized spacial score (nSPS) is 13.8. The van der Waals surface area contributed by atoms with E-state index in [0.717, 1.165) is 25.7 Å². The van der Waals surface area contributed by atoms with Gasteiger partial charge in [-0.25, -0.2) is 9.59 Å². The molecule has 0 spiro atoms. The van der Waals surface area contributed by atoms with Crippen molar-refractivity contribution < 1.29 is 19.1 Å². The zero-order valence-electron chi connectivity index (χ0n) is 20.4. The van der Waals surface area contributed by atoms with E-state index in [1.54, 1.807) is 41.3 Å². The Kier molecular flexibility index (Phi) is 9.95. The van der Waals surface area contributed by atoms with Crippen molar-refractivity contribution in [3.8, 4) is 5.75 Å². The van der Waals surface area contributed by atoms with Gasteiger partial charge in [-0.2, -0.15) is 0 Å². The number of nitrogens with zero attached hydrogens (tertiary/aromatic N) is 2. The van der Waals surface area contributed by atoms with Gasteiger partial charge in [0.2, 0.25) is 0 Å². The number of carbonyl (C=O) groups excluding carboxylic acids is 3. The highest BCUT2D eigenvalue weighted by Crippen LogP contribution is 2.22. The van der Waals surface area contributed by atoms with Crippen LogP contribution < -0.4 is 20.7 Å². The number of piperidine rings is 1. The van der Waals surface area contributed by atoms with Crippen molar-refractivity contribution in [2.75, 3.05) is 24.5 Å². The number of rotatable bonds is 10. The van der Waals surface area contributed by atoms with E-state index in [-0.39, 0.29) is 18.0 Å². The summed E-state index contributed by atoms with van der Waals surface area (Å²) in [5, 5.41) is 3.07. The second kappa shape index (κ2) is 13.4. The number of hydrogen-bond acceptors (Lipinski definition) is 4. The van der Waals surface area contributed by atoms with E-state index in [2.05, 4.69) is 12.2 Å². The number of carbonyl (C=O) groups is 3. The summed E-state index contributed by atoms with van der Waals surface area (Å²) in [6.07, 6.45) is 6.12. The van der Waals surface area contributed by atoms with Crippen LogP contribution in [0.4, 0.5) is 15.3 Å². The minimum atomic E-state index is -0.564. The molecule has 0 bridgehead atoms. The molecule has 0 aliphatic carbocycles. The number of likely N-dealkylation sites (tertiary alicyclic amines) is 1. The summed E-state index contributed by atoms with van der Waals surface area (Å²) in [5.41, 5.74) is 6.61. The van der Waals surface area contributed by atoms with Crippen molar-refractivity contribution >= 4 is 23.7 Å². The first-order valence-corrected chi connectivity index (χ1v) is 12.5. The molecule has 2 aromatic carbocycles. The van der Waals surface area contributed by atoms with Gasteiger partial charge in [-0.1, -0.05) is 62.9 Å². The van der Waals surface area contributed by atoms with Crippen LogP contribution in [0.3, 0.4) is 0 Å². The van der Waals surface area contributed by atoms with E-state index in [1.165, 1.54) is 11.3 Å². The predicted molar refractivity (Wildman–Crippen MR) is 137 cm³/mol. The van der Waals surface area contributed by atoms with Gasteiger partial charge in [-0.15, -0.1) is 0 Å². The molecule has 1 aliphatic rings. The van der Waals surface area contributed by atoms with E-state index >= 15 is 0 Å². The zero-order valence-corrected chi connectivity index (χ0v) is 20.4. The molecule has 0 radical (unpaired) electrons. The molecule has 3 N–H and O–H groups in total. The van der Waals surface area contributed by atoms with Crippen LogP contribution in [0.2, 0.25) is 0 Å². The summed E-state index contributed by atoms with van der Waals surface area (Å²) in [4.78, 5) is 40.9. The molecule has 3 rings (SSSR count). The van der Waals surface area contributed by atoms with Crippen LogP contribution in [0.15, 0.2) is 54.6 Å².